The first-order valence-electron chi connectivity index (χ1n) is 7.43. The average Bonchev–Trinajstić information content (AvgIpc) is 3.19. The predicted molar refractivity (Wildman–Crippen MR) is 78.1 cm³/mol. The van der Waals surface area contributed by atoms with Gasteiger partial charge in [0.1, 0.15) is 6.33 Å². The minimum Gasteiger partial charge on any atom is -0.338 e. The Bertz CT molecular complexity index is 696. The molecule has 0 aromatic carbocycles. The standard InChI is InChI=1S/C15H19N5O/c1-18-6-4-15(9-18)5-7-19(10-15)14(21)12-2-3-13-17-16-11-20(13)8-12/h2-3,8,11H,4-7,9-10H2,1H3. The summed E-state index contributed by atoms with van der Waals surface area (Å²) in [5.41, 5.74) is 1.80. The largest absolute Gasteiger partial charge is 0.338 e. The fraction of sp³-hybridized carbons (Fsp3) is 0.533. The Labute approximate surface area is 123 Å². The Kier molecular flexibility index (Phi) is 2.75. The molecule has 1 unspecified atom stereocenters. The maximum absolute atomic E-state index is 12.7. The SMILES string of the molecule is CN1CCC2(CCN(C(=O)c3ccc4nncn4c3)C2)C1. The van der Waals surface area contributed by atoms with Crippen LogP contribution in [-0.4, -0.2) is 63.5 Å². The summed E-state index contributed by atoms with van der Waals surface area (Å²) in [5.74, 6) is 0.122. The number of carbonyl (C=O) groups excluding carboxylic acids is 1. The van der Waals surface area contributed by atoms with Gasteiger partial charge in [-0.05, 0) is 38.6 Å². The van der Waals surface area contributed by atoms with Crippen LogP contribution in [0.5, 0.6) is 0 Å². The summed E-state index contributed by atoms with van der Waals surface area (Å²) in [4.78, 5) is 17.1. The summed E-state index contributed by atoms with van der Waals surface area (Å²) in [5, 5.41) is 7.81. The molecule has 6 nitrogen and oxygen atoms in total. The Hall–Kier alpha value is -1.95. The van der Waals surface area contributed by atoms with E-state index in [1.165, 1.54) is 6.42 Å². The summed E-state index contributed by atoms with van der Waals surface area (Å²) < 4.78 is 1.79. The van der Waals surface area contributed by atoms with Crippen molar-refractivity contribution in [3.8, 4) is 0 Å². The number of nitrogens with zero attached hydrogens (tertiary/aromatic N) is 5. The van der Waals surface area contributed by atoms with Crippen molar-refractivity contribution in [2.24, 2.45) is 5.41 Å². The van der Waals surface area contributed by atoms with Gasteiger partial charge in [0, 0.05) is 31.2 Å². The zero-order chi connectivity index (χ0) is 14.4. The number of rotatable bonds is 1. The van der Waals surface area contributed by atoms with Crippen LogP contribution in [0.1, 0.15) is 23.2 Å². The molecule has 0 saturated carbocycles. The zero-order valence-corrected chi connectivity index (χ0v) is 12.2. The van der Waals surface area contributed by atoms with Crippen LogP contribution >= 0.6 is 0 Å². The Morgan fingerprint density at radius 1 is 1.24 bits per heavy atom. The van der Waals surface area contributed by atoms with Crippen molar-refractivity contribution >= 4 is 11.6 Å². The van der Waals surface area contributed by atoms with Gasteiger partial charge >= 0.3 is 0 Å². The molecule has 1 atom stereocenters. The highest BCUT2D eigenvalue weighted by molar-refractivity contribution is 5.94. The number of likely N-dealkylation sites (tertiary alicyclic amines) is 2. The minimum absolute atomic E-state index is 0.122. The van der Waals surface area contributed by atoms with E-state index in [4.69, 9.17) is 0 Å². The number of carbonyl (C=O) groups is 1. The Balaban J connectivity index is 1.55. The van der Waals surface area contributed by atoms with Crippen LogP contribution in [0.3, 0.4) is 0 Å². The van der Waals surface area contributed by atoms with E-state index in [0.717, 1.165) is 38.2 Å². The molecule has 4 heterocycles. The van der Waals surface area contributed by atoms with Crippen LogP contribution in [0, 0.1) is 5.41 Å². The summed E-state index contributed by atoms with van der Waals surface area (Å²) in [6.45, 7) is 4.01. The molecule has 110 valence electrons. The highest BCUT2D eigenvalue weighted by Gasteiger charge is 2.43. The van der Waals surface area contributed by atoms with Crippen molar-refractivity contribution in [2.45, 2.75) is 12.8 Å². The molecule has 2 aliphatic heterocycles. The molecule has 2 aromatic rings. The van der Waals surface area contributed by atoms with Crippen molar-refractivity contribution in [1.29, 1.82) is 0 Å². The van der Waals surface area contributed by atoms with E-state index < -0.39 is 0 Å². The Morgan fingerprint density at radius 2 is 2.10 bits per heavy atom. The topological polar surface area (TPSA) is 53.7 Å². The van der Waals surface area contributed by atoms with Gasteiger partial charge in [-0.3, -0.25) is 9.20 Å². The highest BCUT2D eigenvalue weighted by atomic mass is 16.2. The summed E-state index contributed by atoms with van der Waals surface area (Å²) in [6, 6.07) is 3.69. The lowest BCUT2D eigenvalue weighted by Gasteiger charge is -2.23. The summed E-state index contributed by atoms with van der Waals surface area (Å²) >= 11 is 0. The van der Waals surface area contributed by atoms with Crippen LogP contribution in [0.4, 0.5) is 0 Å². The predicted octanol–water partition coefficient (Wildman–Crippen LogP) is 0.897. The van der Waals surface area contributed by atoms with Crippen molar-refractivity contribution in [3.05, 3.63) is 30.2 Å². The van der Waals surface area contributed by atoms with E-state index in [-0.39, 0.29) is 5.91 Å². The number of amides is 1. The molecule has 0 aliphatic carbocycles. The van der Waals surface area contributed by atoms with Crippen molar-refractivity contribution in [3.63, 3.8) is 0 Å². The lowest BCUT2D eigenvalue weighted by atomic mass is 9.86. The Morgan fingerprint density at radius 3 is 2.90 bits per heavy atom. The van der Waals surface area contributed by atoms with E-state index in [2.05, 4.69) is 22.1 Å². The molecule has 2 fully saturated rings. The first-order chi connectivity index (χ1) is 10.2. The molecule has 4 rings (SSSR count). The van der Waals surface area contributed by atoms with Gasteiger partial charge in [0.2, 0.25) is 0 Å². The summed E-state index contributed by atoms with van der Waals surface area (Å²) in [6.07, 6.45) is 5.78. The van der Waals surface area contributed by atoms with Crippen LogP contribution in [0.15, 0.2) is 24.7 Å². The smallest absolute Gasteiger partial charge is 0.255 e. The molecular formula is C15H19N5O. The zero-order valence-electron chi connectivity index (χ0n) is 12.2. The average molecular weight is 285 g/mol. The molecule has 0 radical (unpaired) electrons. The van der Waals surface area contributed by atoms with Gasteiger partial charge in [0.05, 0.1) is 5.56 Å². The molecule has 2 aromatic heterocycles. The fourth-order valence-electron chi connectivity index (χ4n) is 3.74. The maximum Gasteiger partial charge on any atom is 0.255 e. The third-order valence-electron chi connectivity index (χ3n) is 4.89. The van der Waals surface area contributed by atoms with Gasteiger partial charge in [-0.15, -0.1) is 10.2 Å². The monoisotopic (exact) mass is 285 g/mol. The van der Waals surface area contributed by atoms with Gasteiger partial charge < -0.3 is 9.80 Å². The van der Waals surface area contributed by atoms with Crippen molar-refractivity contribution < 1.29 is 4.79 Å². The van der Waals surface area contributed by atoms with Gasteiger partial charge in [-0.2, -0.15) is 0 Å². The molecule has 6 heteroatoms. The lowest BCUT2D eigenvalue weighted by molar-refractivity contribution is 0.0773. The van der Waals surface area contributed by atoms with E-state index in [0.29, 0.717) is 11.0 Å². The van der Waals surface area contributed by atoms with Crippen molar-refractivity contribution in [1.82, 2.24) is 24.4 Å². The van der Waals surface area contributed by atoms with Crippen LogP contribution < -0.4 is 0 Å². The second kappa shape index (κ2) is 4.53. The normalized spacial score (nSPS) is 26.2. The lowest BCUT2D eigenvalue weighted by Crippen LogP contribution is -2.33. The number of hydrogen-bond donors (Lipinski definition) is 0. The van der Waals surface area contributed by atoms with Crippen LogP contribution in [-0.2, 0) is 0 Å². The molecule has 0 N–H and O–H groups in total. The number of hydrogen-bond acceptors (Lipinski definition) is 4. The van der Waals surface area contributed by atoms with Gasteiger partial charge in [-0.25, -0.2) is 0 Å². The van der Waals surface area contributed by atoms with E-state index in [1.807, 2.05) is 23.2 Å². The van der Waals surface area contributed by atoms with Gasteiger partial charge in [0.25, 0.3) is 5.91 Å². The van der Waals surface area contributed by atoms with E-state index >= 15 is 0 Å². The fourth-order valence-corrected chi connectivity index (χ4v) is 3.74. The maximum atomic E-state index is 12.7. The number of aromatic nitrogens is 3. The van der Waals surface area contributed by atoms with Gasteiger partial charge in [-0.1, -0.05) is 0 Å². The van der Waals surface area contributed by atoms with Gasteiger partial charge in [0.15, 0.2) is 5.65 Å². The molecule has 21 heavy (non-hydrogen) atoms. The first-order valence-corrected chi connectivity index (χ1v) is 7.43. The highest BCUT2D eigenvalue weighted by Crippen LogP contribution is 2.39. The minimum atomic E-state index is 0.122. The molecule has 0 bridgehead atoms. The molecule has 1 spiro atoms. The number of fused-ring (bicyclic) bond motifs is 1. The van der Waals surface area contributed by atoms with Crippen LogP contribution in [0.25, 0.3) is 5.65 Å². The second-order valence-electron chi connectivity index (χ2n) is 6.48. The van der Waals surface area contributed by atoms with E-state index in [1.54, 1.807) is 10.7 Å². The van der Waals surface area contributed by atoms with E-state index in [9.17, 15) is 4.79 Å². The molecule has 1 amide bonds. The quantitative estimate of drug-likeness (QED) is 0.781. The molecule has 2 aliphatic rings. The first kappa shape index (κ1) is 12.8. The molecule has 2 saturated heterocycles. The summed E-state index contributed by atoms with van der Waals surface area (Å²) in [7, 11) is 2.17. The van der Waals surface area contributed by atoms with Crippen LogP contribution in [0.2, 0.25) is 0 Å². The number of pyridine rings is 1. The second-order valence-corrected chi connectivity index (χ2v) is 6.48. The molecular weight excluding hydrogens is 266 g/mol. The third-order valence-corrected chi connectivity index (χ3v) is 4.89. The van der Waals surface area contributed by atoms with Crippen molar-refractivity contribution in [2.75, 3.05) is 33.2 Å². The third kappa shape index (κ3) is 2.10.